The minimum Gasteiger partial charge on any atom is -0.337 e. The van der Waals surface area contributed by atoms with E-state index in [2.05, 4.69) is 4.98 Å². The van der Waals surface area contributed by atoms with Gasteiger partial charge in [-0.15, -0.1) is 0 Å². The number of benzene rings is 1. The second-order valence-corrected chi connectivity index (χ2v) is 7.33. The minimum absolute atomic E-state index is 0.00743. The number of aromatic nitrogens is 2. The summed E-state index contributed by atoms with van der Waals surface area (Å²) in [5.41, 5.74) is 0.946. The van der Waals surface area contributed by atoms with E-state index in [0.717, 1.165) is 5.56 Å². The van der Waals surface area contributed by atoms with Crippen LogP contribution in [0.15, 0.2) is 53.6 Å². The molecule has 0 spiro atoms. The lowest BCUT2D eigenvalue weighted by Crippen LogP contribution is -2.39. The van der Waals surface area contributed by atoms with Crippen molar-refractivity contribution in [2.24, 2.45) is 0 Å². The van der Waals surface area contributed by atoms with Crippen molar-refractivity contribution in [1.82, 2.24) is 19.2 Å². The number of hydrogen-bond donors (Lipinski definition) is 0. The molecule has 1 aliphatic rings. The molecule has 4 rings (SSSR count). The lowest BCUT2D eigenvalue weighted by molar-refractivity contribution is 0.0715. The van der Waals surface area contributed by atoms with Crippen LogP contribution in [0, 0.1) is 12.7 Å². The molecule has 30 heavy (non-hydrogen) atoms. The molecule has 0 saturated carbocycles. The first-order valence-corrected chi connectivity index (χ1v) is 9.77. The summed E-state index contributed by atoms with van der Waals surface area (Å²) in [5.74, 6) is -1.38. The predicted molar refractivity (Wildman–Crippen MR) is 109 cm³/mol. The number of rotatable bonds is 2. The summed E-state index contributed by atoms with van der Waals surface area (Å²) in [5, 5.41) is 0. The van der Waals surface area contributed by atoms with Gasteiger partial charge in [-0.3, -0.25) is 18.8 Å². The van der Waals surface area contributed by atoms with Gasteiger partial charge < -0.3 is 9.80 Å². The zero-order valence-corrected chi connectivity index (χ0v) is 16.5. The first-order valence-electron chi connectivity index (χ1n) is 9.77. The first kappa shape index (κ1) is 19.8. The molecule has 154 valence electrons. The van der Waals surface area contributed by atoms with E-state index < -0.39 is 23.2 Å². The fourth-order valence-corrected chi connectivity index (χ4v) is 3.63. The molecule has 1 fully saturated rings. The second-order valence-electron chi connectivity index (χ2n) is 7.33. The summed E-state index contributed by atoms with van der Waals surface area (Å²) in [6, 6.07) is 9.43. The van der Waals surface area contributed by atoms with Gasteiger partial charge in [0.15, 0.2) is 0 Å². The molecule has 7 nitrogen and oxygen atoms in total. The standard InChI is InChI=1S/C22H21FN4O3/c1-15-7-8-19-24-13-17(22(30)27(19)14-15)21(29)26-10-4-9-25(11-12-26)20(28)16-5-2-3-6-18(16)23/h2-3,5-8,13-14H,4,9-12H2,1H3. The number of nitrogens with zero attached hydrogens (tertiary/aromatic N) is 4. The van der Waals surface area contributed by atoms with Gasteiger partial charge in [-0.05, 0) is 37.1 Å². The fourth-order valence-electron chi connectivity index (χ4n) is 3.63. The topological polar surface area (TPSA) is 75.0 Å². The van der Waals surface area contributed by atoms with E-state index in [0.29, 0.717) is 25.2 Å². The van der Waals surface area contributed by atoms with Gasteiger partial charge in [-0.25, -0.2) is 9.37 Å². The highest BCUT2D eigenvalue weighted by Crippen LogP contribution is 2.14. The van der Waals surface area contributed by atoms with Gasteiger partial charge in [-0.1, -0.05) is 18.2 Å². The average Bonchev–Trinajstić information content (AvgIpc) is 3.00. The molecule has 3 aromatic rings. The number of carbonyl (C=O) groups is 2. The molecular weight excluding hydrogens is 387 g/mol. The molecular formula is C22H21FN4O3. The molecule has 8 heteroatoms. The maximum atomic E-state index is 14.0. The number of aryl methyl sites for hydroxylation is 1. The predicted octanol–water partition coefficient (Wildman–Crippen LogP) is 2.13. The summed E-state index contributed by atoms with van der Waals surface area (Å²) >= 11 is 0. The van der Waals surface area contributed by atoms with Crippen LogP contribution in [-0.4, -0.2) is 57.2 Å². The Hall–Kier alpha value is -3.55. The van der Waals surface area contributed by atoms with Crippen molar-refractivity contribution in [2.75, 3.05) is 26.2 Å². The number of hydrogen-bond acceptors (Lipinski definition) is 4. The highest BCUT2D eigenvalue weighted by atomic mass is 19.1. The van der Waals surface area contributed by atoms with Crippen molar-refractivity contribution in [3.8, 4) is 0 Å². The average molecular weight is 408 g/mol. The first-order chi connectivity index (χ1) is 14.5. The number of amides is 2. The van der Waals surface area contributed by atoms with Crippen LogP contribution in [0.4, 0.5) is 4.39 Å². The van der Waals surface area contributed by atoms with Crippen LogP contribution in [0.25, 0.3) is 5.65 Å². The zero-order chi connectivity index (χ0) is 21.3. The Kier molecular flexibility index (Phi) is 5.31. The molecule has 0 unspecified atom stereocenters. The van der Waals surface area contributed by atoms with Crippen LogP contribution in [0.1, 0.15) is 32.7 Å². The third-order valence-electron chi connectivity index (χ3n) is 5.25. The number of halogens is 1. The fraction of sp³-hybridized carbons (Fsp3) is 0.273. The molecule has 1 saturated heterocycles. The molecule has 1 aliphatic heterocycles. The molecule has 0 N–H and O–H groups in total. The summed E-state index contributed by atoms with van der Waals surface area (Å²) < 4.78 is 15.3. The van der Waals surface area contributed by atoms with Crippen LogP contribution in [0.5, 0.6) is 0 Å². The Morgan fingerprint density at radius 3 is 2.30 bits per heavy atom. The van der Waals surface area contributed by atoms with E-state index in [9.17, 15) is 18.8 Å². The SMILES string of the molecule is Cc1ccc2ncc(C(=O)N3CCCN(C(=O)c4ccccc4F)CC3)c(=O)n2c1. The molecule has 0 radical (unpaired) electrons. The van der Waals surface area contributed by atoms with Gasteiger partial charge >= 0.3 is 0 Å². The van der Waals surface area contributed by atoms with E-state index in [1.165, 1.54) is 28.8 Å². The minimum atomic E-state index is -0.565. The Morgan fingerprint density at radius 1 is 0.933 bits per heavy atom. The molecule has 0 atom stereocenters. The Morgan fingerprint density at radius 2 is 1.60 bits per heavy atom. The van der Waals surface area contributed by atoms with Crippen molar-refractivity contribution in [3.05, 3.63) is 81.7 Å². The van der Waals surface area contributed by atoms with Crippen LogP contribution < -0.4 is 5.56 Å². The maximum Gasteiger partial charge on any atom is 0.270 e. The lowest BCUT2D eigenvalue weighted by Gasteiger charge is -2.22. The summed E-state index contributed by atoms with van der Waals surface area (Å²) in [7, 11) is 0. The largest absolute Gasteiger partial charge is 0.337 e. The van der Waals surface area contributed by atoms with Crippen LogP contribution in [-0.2, 0) is 0 Å². The van der Waals surface area contributed by atoms with Crippen molar-refractivity contribution in [3.63, 3.8) is 0 Å². The summed E-state index contributed by atoms with van der Waals surface area (Å²) in [6.45, 7) is 3.19. The van der Waals surface area contributed by atoms with E-state index >= 15 is 0 Å². The third-order valence-corrected chi connectivity index (χ3v) is 5.25. The zero-order valence-electron chi connectivity index (χ0n) is 16.5. The molecule has 2 aromatic heterocycles. The third kappa shape index (κ3) is 3.68. The van der Waals surface area contributed by atoms with Gasteiger partial charge in [0.25, 0.3) is 17.4 Å². The Balaban J connectivity index is 1.54. The van der Waals surface area contributed by atoms with Crippen molar-refractivity contribution in [2.45, 2.75) is 13.3 Å². The van der Waals surface area contributed by atoms with Crippen LogP contribution >= 0.6 is 0 Å². The summed E-state index contributed by atoms with van der Waals surface area (Å²) in [4.78, 5) is 45.8. The van der Waals surface area contributed by atoms with E-state index in [1.54, 1.807) is 28.1 Å². The second kappa shape index (κ2) is 8.06. The van der Waals surface area contributed by atoms with Crippen LogP contribution in [0.2, 0.25) is 0 Å². The van der Waals surface area contributed by atoms with Crippen LogP contribution in [0.3, 0.4) is 0 Å². The Bertz CT molecular complexity index is 1190. The highest BCUT2D eigenvalue weighted by molar-refractivity contribution is 5.95. The van der Waals surface area contributed by atoms with Gasteiger partial charge in [0, 0.05) is 38.6 Å². The molecule has 0 bridgehead atoms. The van der Waals surface area contributed by atoms with Crippen molar-refractivity contribution in [1.29, 1.82) is 0 Å². The lowest BCUT2D eigenvalue weighted by atomic mass is 10.2. The molecule has 2 amide bonds. The van der Waals surface area contributed by atoms with E-state index in [-0.39, 0.29) is 24.2 Å². The monoisotopic (exact) mass is 408 g/mol. The molecule has 1 aromatic carbocycles. The number of carbonyl (C=O) groups excluding carboxylic acids is 2. The van der Waals surface area contributed by atoms with Gasteiger partial charge in [0.05, 0.1) is 5.56 Å². The molecule has 0 aliphatic carbocycles. The Labute approximate surface area is 172 Å². The number of pyridine rings is 1. The van der Waals surface area contributed by atoms with Crippen molar-refractivity contribution >= 4 is 17.5 Å². The van der Waals surface area contributed by atoms with Gasteiger partial charge in [0.1, 0.15) is 17.0 Å². The van der Waals surface area contributed by atoms with E-state index in [1.807, 2.05) is 13.0 Å². The van der Waals surface area contributed by atoms with Gasteiger partial charge in [0.2, 0.25) is 0 Å². The maximum absolute atomic E-state index is 14.0. The normalized spacial score (nSPS) is 14.6. The van der Waals surface area contributed by atoms with E-state index in [4.69, 9.17) is 0 Å². The van der Waals surface area contributed by atoms with Crippen molar-refractivity contribution < 1.29 is 14.0 Å². The smallest absolute Gasteiger partial charge is 0.270 e. The number of fused-ring (bicyclic) bond motifs is 1. The highest BCUT2D eigenvalue weighted by Gasteiger charge is 2.26. The molecule has 3 heterocycles. The quantitative estimate of drug-likeness (QED) is 0.651. The van der Waals surface area contributed by atoms with Gasteiger partial charge in [-0.2, -0.15) is 0 Å². The summed E-state index contributed by atoms with van der Waals surface area (Å²) in [6.07, 6.45) is 3.49.